The predicted octanol–water partition coefficient (Wildman–Crippen LogP) is 3.19. The van der Waals surface area contributed by atoms with Crippen LogP contribution in [-0.4, -0.2) is 22.7 Å². The van der Waals surface area contributed by atoms with Gasteiger partial charge in [0.25, 0.3) is 5.91 Å². The van der Waals surface area contributed by atoms with Crippen LogP contribution in [0.2, 0.25) is 0 Å². The van der Waals surface area contributed by atoms with E-state index in [1.165, 1.54) is 17.5 Å². The quantitative estimate of drug-likeness (QED) is 0.800. The molecule has 1 aromatic carbocycles. The van der Waals surface area contributed by atoms with E-state index in [0.717, 1.165) is 17.0 Å². The van der Waals surface area contributed by atoms with Gasteiger partial charge in [0.1, 0.15) is 0 Å². The van der Waals surface area contributed by atoms with E-state index in [0.29, 0.717) is 16.4 Å². The lowest BCUT2D eigenvalue weighted by Gasteiger charge is -2.01. The minimum atomic E-state index is -0.232. The summed E-state index contributed by atoms with van der Waals surface area (Å²) >= 11 is 1.37. The number of anilines is 1. The molecule has 3 aromatic rings. The van der Waals surface area contributed by atoms with Crippen LogP contribution in [0.5, 0.6) is 11.5 Å². The second-order valence-electron chi connectivity index (χ2n) is 4.80. The van der Waals surface area contributed by atoms with E-state index in [1.807, 2.05) is 23.6 Å². The third kappa shape index (κ3) is 2.74. The van der Waals surface area contributed by atoms with Gasteiger partial charge in [-0.05, 0) is 30.3 Å². The number of benzene rings is 1. The summed E-state index contributed by atoms with van der Waals surface area (Å²) < 4.78 is 10.7. The van der Waals surface area contributed by atoms with Gasteiger partial charge >= 0.3 is 0 Å². The minimum Gasteiger partial charge on any atom is -0.454 e. The molecule has 0 unspecified atom stereocenters. The fraction of sp³-hybridized carbons (Fsp3) is 0.0625. The van der Waals surface area contributed by atoms with E-state index in [1.54, 1.807) is 18.3 Å². The number of nitrogens with zero attached hydrogens (tertiary/aromatic N) is 2. The molecule has 7 heteroatoms. The molecule has 2 aromatic heterocycles. The Balaban J connectivity index is 1.54. The minimum absolute atomic E-state index is 0.232. The van der Waals surface area contributed by atoms with Gasteiger partial charge in [-0.2, -0.15) is 0 Å². The fourth-order valence-electron chi connectivity index (χ4n) is 2.19. The van der Waals surface area contributed by atoms with Crippen molar-refractivity contribution in [2.45, 2.75) is 0 Å². The van der Waals surface area contributed by atoms with Crippen LogP contribution in [0.15, 0.2) is 48.1 Å². The van der Waals surface area contributed by atoms with Crippen molar-refractivity contribution in [2.24, 2.45) is 0 Å². The van der Waals surface area contributed by atoms with Gasteiger partial charge in [-0.15, -0.1) is 11.3 Å². The van der Waals surface area contributed by atoms with Crippen LogP contribution in [-0.2, 0) is 0 Å². The molecule has 114 valence electrons. The number of amides is 1. The highest BCUT2D eigenvalue weighted by molar-refractivity contribution is 7.14. The van der Waals surface area contributed by atoms with Crippen molar-refractivity contribution < 1.29 is 14.3 Å². The summed E-state index contributed by atoms with van der Waals surface area (Å²) in [6, 6.07) is 9.06. The second-order valence-corrected chi connectivity index (χ2v) is 5.66. The summed E-state index contributed by atoms with van der Waals surface area (Å²) in [4.78, 5) is 20.5. The Morgan fingerprint density at radius 3 is 3.00 bits per heavy atom. The average molecular weight is 325 g/mol. The first-order valence-corrected chi connectivity index (χ1v) is 7.74. The summed E-state index contributed by atoms with van der Waals surface area (Å²) in [5.74, 6) is 1.20. The first-order valence-electron chi connectivity index (χ1n) is 6.86. The molecule has 6 nitrogen and oxygen atoms in total. The van der Waals surface area contributed by atoms with Gasteiger partial charge in [0.2, 0.25) is 6.79 Å². The third-order valence-electron chi connectivity index (χ3n) is 3.32. The lowest BCUT2D eigenvalue weighted by Crippen LogP contribution is -2.11. The third-order valence-corrected chi connectivity index (χ3v) is 4.07. The second kappa shape index (κ2) is 5.69. The van der Waals surface area contributed by atoms with Crippen molar-refractivity contribution >= 4 is 22.4 Å². The highest BCUT2D eigenvalue weighted by Gasteiger charge is 2.15. The zero-order chi connectivity index (χ0) is 15.6. The Kier molecular flexibility index (Phi) is 3.39. The number of rotatable bonds is 3. The molecule has 0 fully saturated rings. The van der Waals surface area contributed by atoms with Crippen LogP contribution < -0.4 is 14.8 Å². The van der Waals surface area contributed by atoms with Gasteiger partial charge in [-0.3, -0.25) is 15.1 Å². The monoisotopic (exact) mass is 325 g/mol. The number of hydrogen-bond acceptors (Lipinski definition) is 6. The molecular weight excluding hydrogens is 314 g/mol. The van der Waals surface area contributed by atoms with Crippen LogP contribution >= 0.6 is 11.3 Å². The van der Waals surface area contributed by atoms with E-state index in [2.05, 4.69) is 15.3 Å². The highest BCUT2D eigenvalue weighted by atomic mass is 32.1. The number of thiazole rings is 1. The Hall–Kier alpha value is -2.93. The molecule has 1 aliphatic rings. The number of fused-ring (bicyclic) bond motifs is 1. The van der Waals surface area contributed by atoms with Crippen LogP contribution in [0.3, 0.4) is 0 Å². The standard InChI is InChI=1S/C16H11N3O3S/c20-15(11-2-1-5-17-7-11)19-16-18-12(8-23-16)10-3-4-13-14(6-10)22-9-21-13/h1-8H,9H2,(H,18,19,20). The molecule has 0 saturated heterocycles. The Morgan fingerprint density at radius 1 is 1.22 bits per heavy atom. The molecule has 3 heterocycles. The van der Waals surface area contributed by atoms with Gasteiger partial charge in [0.15, 0.2) is 16.6 Å². The van der Waals surface area contributed by atoms with E-state index < -0.39 is 0 Å². The Morgan fingerprint density at radius 2 is 2.13 bits per heavy atom. The molecule has 0 spiro atoms. The van der Waals surface area contributed by atoms with Gasteiger partial charge in [-0.25, -0.2) is 4.98 Å². The van der Waals surface area contributed by atoms with Crippen LogP contribution in [0.25, 0.3) is 11.3 Å². The van der Waals surface area contributed by atoms with E-state index >= 15 is 0 Å². The summed E-state index contributed by atoms with van der Waals surface area (Å²) in [5, 5.41) is 5.19. The topological polar surface area (TPSA) is 73.3 Å². The molecular formula is C16H11N3O3S. The zero-order valence-electron chi connectivity index (χ0n) is 11.9. The van der Waals surface area contributed by atoms with Crippen LogP contribution in [0.1, 0.15) is 10.4 Å². The maximum Gasteiger partial charge on any atom is 0.259 e. The van der Waals surface area contributed by atoms with E-state index in [-0.39, 0.29) is 12.7 Å². The SMILES string of the molecule is O=C(Nc1nc(-c2ccc3c(c2)OCO3)cs1)c1cccnc1. The maximum atomic E-state index is 12.1. The number of aromatic nitrogens is 2. The molecule has 1 aliphatic heterocycles. The first kappa shape index (κ1) is 13.7. The molecule has 23 heavy (non-hydrogen) atoms. The van der Waals surface area contributed by atoms with Crippen molar-refractivity contribution in [3.8, 4) is 22.8 Å². The van der Waals surface area contributed by atoms with Gasteiger partial charge < -0.3 is 9.47 Å². The lowest BCUT2D eigenvalue weighted by molar-refractivity contribution is 0.102. The molecule has 4 rings (SSSR count). The largest absolute Gasteiger partial charge is 0.454 e. The van der Waals surface area contributed by atoms with Crippen molar-refractivity contribution in [3.05, 3.63) is 53.7 Å². The molecule has 0 saturated carbocycles. The molecule has 0 aliphatic carbocycles. The molecule has 0 bridgehead atoms. The molecule has 0 atom stereocenters. The Bertz CT molecular complexity index is 864. The highest BCUT2D eigenvalue weighted by Crippen LogP contribution is 2.36. The average Bonchev–Trinajstić information content (AvgIpc) is 3.23. The summed E-state index contributed by atoms with van der Waals surface area (Å²) in [7, 11) is 0. The zero-order valence-corrected chi connectivity index (χ0v) is 12.7. The molecule has 1 N–H and O–H groups in total. The fourth-order valence-corrected chi connectivity index (χ4v) is 2.90. The summed E-state index contributed by atoms with van der Waals surface area (Å²) in [6.07, 6.45) is 3.14. The van der Waals surface area contributed by atoms with E-state index in [9.17, 15) is 4.79 Å². The van der Waals surface area contributed by atoms with Gasteiger partial charge in [0.05, 0.1) is 11.3 Å². The van der Waals surface area contributed by atoms with Crippen LogP contribution in [0, 0.1) is 0 Å². The summed E-state index contributed by atoms with van der Waals surface area (Å²) in [5.41, 5.74) is 2.18. The number of hydrogen-bond donors (Lipinski definition) is 1. The molecule has 0 radical (unpaired) electrons. The summed E-state index contributed by atoms with van der Waals surface area (Å²) in [6.45, 7) is 0.238. The number of pyridine rings is 1. The number of carbonyl (C=O) groups is 1. The Labute approximate surface area is 135 Å². The maximum absolute atomic E-state index is 12.1. The van der Waals surface area contributed by atoms with Crippen LogP contribution in [0.4, 0.5) is 5.13 Å². The van der Waals surface area contributed by atoms with Crippen molar-refractivity contribution in [1.82, 2.24) is 9.97 Å². The predicted molar refractivity (Wildman–Crippen MR) is 85.9 cm³/mol. The number of nitrogens with one attached hydrogen (secondary N) is 1. The lowest BCUT2D eigenvalue weighted by atomic mass is 10.1. The normalized spacial score (nSPS) is 12.2. The van der Waals surface area contributed by atoms with Gasteiger partial charge in [-0.1, -0.05) is 0 Å². The smallest absolute Gasteiger partial charge is 0.259 e. The van der Waals surface area contributed by atoms with E-state index in [4.69, 9.17) is 9.47 Å². The van der Waals surface area contributed by atoms with Crippen molar-refractivity contribution in [1.29, 1.82) is 0 Å². The molecule has 1 amide bonds. The number of ether oxygens (including phenoxy) is 2. The van der Waals surface area contributed by atoms with Gasteiger partial charge in [0, 0.05) is 23.3 Å². The first-order chi connectivity index (χ1) is 11.3. The van der Waals surface area contributed by atoms with Crippen molar-refractivity contribution in [3.63, 3.8) is 0 Å². The van der Waals surface area contributed by atoms with Crippen molar-refractivity contribution in [2.75, 3.05) is 12.1 Å². The number of carbonyl (C=O) groups excluding carboxylic acids is 1.